The minimum atomic E-state index is -0.325. The molecule has 0 radical (unpaired) electrons. The molecule has 0 amide bonds. The molecule has 7 heteroatoms. The Bertz CT molecular complexity index is 601. The molecular formula is C13H13BrFN3O2. The molecule has 0 N–H and O–H groups in total. The molecule has 20 heavy (non-hydrogen) atoms. The maximum Gasteiger partial charge on any atom is 0.133 e. The minimum Gasteiger partial charge on any atom is -0.376 e. The van der Waals surface area contributed by atoms with Crippen LogP contribution in [-0.4, -0.2) is 40.9 Å². The van der Waals surface area contributed by atoms with E-state index in [9.17, 15) is 4.39 Å². The van der Waals surface area contributed by atoms with E-state index in [0.29, 0.717) is 42.1 Å². The van der Waals surface area contributed by atoms with Crippen molar-refractivity contribution in [2.45, 2.75) is 12.6 Å². The van der Waals surface area contributed by atoms with Gasteiger partial charge in [0, 0.05) is 10.0 Å². The van der Waals surface area contributed by atoms with Gasteiger partial charge in [-0.25, -0.2) is 9.07 Å². The van der Waals surface area contributed by atoms with Gasteiger partial charge in [-0.3, -0.25) is 0 Å². The smallest absolute Gasteiger partial charge is 0.133 e. The van der Waals surface area contributed by atoms with Crippen LogP contribution in [0.3, 0.4) is 0 Å². The molecule has 0 bridgehead atoms. The monoisotopic (exact) mass is 341 g/mol. The third kappa shape index (κ3) is 3.05. The summed E-state index contributed by atoms with van der Waals surface area (Å²) in [6.07, 6.45) is 1.91. The average molecular weight is 342 g/mol. The SMILES string of the molecule is Fc1cc(Br)ccc1-c1cn(CCOC2COC2)nn1. The van der Waals surface area contributed by atoms with E-state index in [4.69, 9.17) is 9.47 Å². The molecule has 0 saturated carbocycles. The summed E-state index contributed by atoms with van der Waals surface area (Å²) in [5.74, 6) is -0.325. The summed E-state index contributed by atoms with van der Waals surface area (Å²) in [5.41, 5.74) is 0.953. The quantitative estimate of drug-likeness (QED) is 0.836. The molecule has 1 aromatic heterocycles. The van der Waals surface area contributed by atoms with Crippen LogP contribution < -0.4 is 0 Å². The van der Waals surface area contributed by atoms with Crippen LogP contribution in [-0.2, 0) is 16.0 Å². The summed E-state index contributed by atoms with van der Waals surface area (Å²) >= 11 is 3.23. The second kappa shape index (κ2) is 5.99. The summed E-state index contributed by atoms with van der Waals surface area (Å²) in [6, 6.07) is 4.86. The first-order chi connectivity index (χ1) is 9.72. The van der Waals surface area contributed by atoms with Gasteiger partial charge in [0.15, 0.2) is 0 Å². The molecular weight excluding hydrogens is 329 g/mol. The molecule has 5 nitrogen and oxygen atoms in total. The zero-order chi connectivity index (χ0) is 13.9. The Labute approximate surface area is 123 Å². The van der Waals surface area contributed by atoms with E-state index < -0.39 is 0 Å². The van der Waals surface area contributed by atoms with E-state index in [2.05, 4.69) is 26.2 Å². The van der Waals surface area contributed by atoms with Crippen LogP contribution in [0.15, 0.2) is 28.9 Å². The molecule has 1 aliphatic rings. The topological polar surface area (TPSA) is 49.2 Å². The van der Waals surface area contributed by atoms with E-state index >= 15 is 0 Å². The minimum absolute atomic E-state index is 0.196. The van der Waals surface area contributed by atoms with Crippen LogP contribution >= 0.6 is 15.9 Å². The fourth-order valence-corrected chi connectivity index (χ4v) is 2.18. The molecule has 2 aromatic rings. The lowest BCUT2D eigenvalue weighted by Gasteiger charge is -2.25. The van der Waals surface area contributed by atoms with Gasteiger partial charge in [0.25, 0.3) is 0 Å². The van der Waals surface area contributed by atoms with E-state index in [-0.39, 0.29) is 11.9 Å². The number of benzene rings is 1. The van der Waals surface area contributed by atoms with E-state index in [1.54, 1.807) is 23.0 Å². The maximum atomic E-state index is 13.8. The number of halogens is 2. The van der Waals surface area contributed by atoms with E-state index in [1.807, 2.05) is 0 Å². The Morgan fingerprint density at radius 1 is 1.45 bits per heavy atom. The second-order valence-electron chi connectivity index (χ2n) is 4.52. The zero-order valence-electron chi connectivity index (χ0n) is 10.6. The van der Waals surface area contributed by atoms with Gasteiger partial charge in [0.2, 0.25) is 0 Å². The lowest BCUT2D eigenvalue weighted by atomic mass is 10.1. The number of hydrogen-bond donors (Lipinski definition) is 0. The zero-order valence-corrected chi connectivity index (χ0v) is 12.2. The summed E-state index contributed by atoms with van der Waals surface area (Å²) in [7, 11) is 0. The standard InChI is InChI=1S/C13H13BrFN3O2/c14-9-1-2-11(12(15)5-9)13-6-18(17-16-13)3-4-20-10-7-19-8-10/h1-2,5-6,10H,3-4,7-8H2. The van der Waals surface area contributed by atoms with Gasteiger partial charge < -0.3 is 9.47 Å². The molecule has 0 atom stereocenters. The van der Waals surface area contributed by atoms with Crippen molar-refractivity contribution in [1.29, 1.82) is 0 Å². The first-order valence-corrected chi connectivity index (χ1v) is 7.06. The average Bonchev–Trinajstić information content (AvgIpc) is 2.81. The molecule has 0 unspecified atom stereocenters. The summed E-state index contributed by atoms with van der Waals surface area (Å²) in [4.78, 5) is 0. The molecule has 0 aliphatic carbocycles. The summed E-state index contributed by atoms with van der Waals surface area (Å²) < 4.78 is 26.7. The number of aromatic nitrogens is 3. The predicted molar refractivity (Wildman–Crippen MR) is 73.7 cm³/mol. The normalized spacial score (nSPS) is 15.3. The molecule has 1 aromatic carbocycles. The first-order valence-electron chi connectivity index (χ1n) is 6.27. The van der Waals surface area contributed by atoms with Crippen LogP contribution in [0, 0.1) is 5.82 Å². The van der Waals surface area contributed by atoms with Crippen molar-refractivity contribution in [2.24, 2.45) is 0 Å². The summed E-state index contributed by atoms with van der Waals surface area (Å²) in [6.45, 7) is 2.45. The van der Waals surface area contributed by atoms with Gasteiger partial charge >= 0.3 is 0 Å². The van der Waals surface area contributed by atoms with Gasteiger partial charge in [-0.2, -0.15) is 0 Å². The Balaban J connectivity index is 1.63. The van der Waals surface area contributed by atoms with Crippen LogP contribution in [0.4, 0.5) is 4.39 Å². The van der Waals surface area contributed by atoms with Crippen molar-refractivity contribution in [1.82, 2.24) is 15.0 Å². The van der Waals surface area contributed by atoms with Gasteiger partial charge in [0.1, 0.15) is 17.6 Å². The van der Waals surface area contributed by atoms with Crippen molar-refractivity contribution < 1.29 is 13.9 Å². The van der Waals surface area contributed by atoms with Crippen molar-refractivity contribution >= 4 is 15.9 Å². The van der Waals surface area contributed by atoms with Gasteiger partial charge in [0.05, 0.1) is 32.6 Å². The Morgan fingerprint density at radius 3 is 3.00 bits per heavy atom. The van der Waals surface area contributed by atoms with Crippen LogP contribution in [0.1, 0.15) is 0 Å². The molecule has 2 heterocycles. The number of hydrogen-bond acceptors (Lipinski definition) is 4. The highest BCUT2D eigenvalue weighted by Gasteiger charge is 2.18. The molecule has 0 spiro atoms. The molecule has 3 rings (SSSR count). The second-order valence-corrected chi connectivity index (χ2v) is 5.44. The van der Waals surface area contributed by atoms with E-state index in [1.165, 1.54) is 6.07 Å². The third-order valence-corrected chi connectivity index (χ3v) is 3.52. The molecule has 106 valence electrons. The van der Waals surface area contributed by atoms with Gasteiger partial charge in [-0.15, -0.1) is 5.10 Å². The Hall–Kier alpha value is -1.31. The van der Waals surface area contributed by atoms with Crippen molar-refractivity contribution in [3.63, 3.8) is 0 Å². The number of nitrogens with zero attached hydrogens (tertiary/aromatic N) is 3. The molecule has 1 aliphatic heterocycles. The largest absolute Gasteiger partial charge is 0.376 e. The summed E-state index contributed by atoms with van der Waals surface area (Å²) in [5, 5.41) is 7.96. The van der Waals surface area contributed by atoms with Crippen molar-refractivity contribution in [2.75, 3.05) is 19.8 Å². The Morgan fingerprint density at radius 2 is 2.30 bits per heavy atom. The van der Waals surface area contributed by atoms with Crippen LogP contribution in [0.5, 0.6) is 0 Å². The molecule has 1 saturated heterocycles. The highest BCUT2D eigenvalue weighted by Crippen LogP contribution is 2.23. The maximum absolute atomic E-state index is 13.8. The van der Waals surface area contributed by atoms with Crippen molar-refractivity contribution in [3.8, 4) is 11.3 Å². The highest BCUT2D eigenvalue weighted by atomic mass is 79.9. The third-order valence-electron chi connectivity index (χ3n) is 3.03. The number of ether oxygens (including phenoxy) is 2. The lowest BCUT2D eigenvalue weighted by Crippen LogP contribution is -2.36. The fraction of sp³-hybridized carbons (Fsp3) is 0.385. The Kier molecular flexibility index (Phi) is 4.09. The predicted octanol–water partition coefficient (Wildman–Crippen LogP) is 2.26. The van der Waals surface area contributed by atoms with Gasteiger partial charge in [-0.05, 0) is 18.2 Å². The molecule has 1 fully saturated rings. The van der Waals surface area contributed by atoms with Gasteiger partial charge in [-0.1, -0.05) is 21.1 Å². The number of rotatable bonds is 5. The highest BCUT2D eigenvalue weighted by molar-refractivity contribution is 9.10. The fourth-order valence-electron chi connectivity index (χ4n) is 1.85. The van der Waals surface area contributed by atoms with Crippen LogP contribution in [0.25, 0.3) is 11.3 Å². The lowest BCUT2D eigenvalue weighted by molar-refractivity contribution is -0.131. The van der Waals surface area contributed by atoms with Crippen LogP contribution in [0.2, 0.25) is 0 Å². The van der Waals surface area contributed by atoms with Crippen molar-refractivity contribution in [3.05, 3.63) is 34.7 Å². The first kappa shape index (κ1) is 13.7. The van der Waals surface area contributed by atoms with E-state index in [0.717, 1.165) is 0 Å².